The average molecular weight is 247 g/mol. The van der Waals surface area contributed by atoms with E-state index >= 15 is 0 Å². The maximum absolute atomic E-state index is 12.0. The van der Waals surface area contributed by atoms with Crippen LogP contribution >= 0.6 is 0 Å². The number of urea groups is 1. The fourth-order valence-electron chi connectivity index (χ4n) is 1.97. The Morgan fingerprint density at radius 2 is 1.88 bits per heavy atom. The van der Waals surface area contributed by atoms with Crippen LogP contribution in [0.2, 0.25) is 0 Å². The smallest absolute Gasteiger partial charge is 0.321 e. The van der Waals surface area contributed by atoms with Crippen molar-refractivity contribution in [2.75, 3.05) is 31.5 Å². The number of nitrogens with zero attached hydrogens (tertiary/aromatic N) is 2. The van der Waals surface area contributed by atoms with Gasteiger partial charge in [-0.05, 0) is 31.6 Å². The SMILES string of the molecule is O=C(Nc1ccccc1)N1CCC[N]([AlH2])CC1. The summed E-state index contributed by atoms with van der Waals surface area (Å²) < 4.78 is 2.40. The van der Waals surface area contributed by atoms with Crippen LogP contribution in [0.1, 0.15) is 6.42 Å². The second-order valence-electron chi connectivity index (χ2n) is 4.44. The first-order valence-electron chi connectivity index (χ1n) is 6.05. The zero-order valence-electron chi connectivity index (χ0n) is 10.2. The van der Waals surface area contributed by atoms with E-state index in [2.05, 4.69) is 9.20 Å². The maximum Gasteiger partial charge on any atom is 0.321 e. The van der Waals surface area contributed by atoms with E-state index in [9.17, 15) is 4.79 Å². The number of carbonyl (C=O) groups is 1. The van der Waals surface area contributed by atoms with Crippen LogP contribution in [-0.4, -0.2) is 57.5 Å². The summed E-state index contributed by atoms with van der Waals surface area (Å²) in [5, 5.41) is 2.93. The van der Waals surface area contributed by atoms with E-state index in [0.29, 0.717) is 0 Å². The molecular formula is C12H18AlN3O. The number of benzene rings is 1. The van der Waals surface area contributed by atoms with Crippen LogP contribution in [0.3, 0.4) is 0 Å². The van der Waals surface area contributed by atoms with Gasteiger partial charge in [0, 0.05) is 18.8 Å². The van der Waals surface area contributed by atoms with Gasteiger partial charge in [0.1, 0.15) is 0 Å². The minimum absolute atomic E-state index is 0.0215. The van der Waals surface area contributed by atoms with Crippen LogP contribution in [0, 0.1) is 0 Å². The third-order valence-corrected chi connectivity index (χ3v) is 3.93. The van der Waals surface area contributed by atoms with Crippen molar-refractivity contribution in [3.05, 3.63) is 30.3 Å². The van der Waals surface area contributed by atoms with Crippen molar-refractivity contribution in [3.63, 3.8) is 0 Å². The Morgan fingerprint density at radius 1 is 1.12 bits per heavy atom. The van der Waals surface area contributed by atoms with Crippen LogP contribution in [0.5, 0.6) is 0 Å². The zero-order chi connectivity index (χ0) is 12.1. The molecule has 0 aromatic heterocycles. The molecule has 0 atom stereocenters. The highest BCUT2D eigenvalue weighted by Crippen LogP contribution is 2.08. The molecule has 1 fully saturated rings. The van der Waals surface area contributed by atoms with Gasteiger partial charge in [0.2, 0.25) is 0 Å². The molecule has 1 heterocycles. The Morgan fingerprint density at radius 3 is 2.65 bits per heavy atom. The molecule has 0 spiro atoms. The summed E-state index contributed by atoms with van der Waals surface area (Å²) in [4.78, 5) is 13.9. The quantitative estimate of drug-likeness (QED) is 0.744. The molecule has 17 heavy (non-hydrogen) atoms. The van der Waals surface area contributed by atoms with Crippen molar-refractivity contribution >= 4 is 28.2 Å². The predicted octanol–water partition coefficient (Wildman–Crippen LogP) is 0.774. The highest BCUT2D eigenvalue weighted by atomic mass is 27.1. The Bertz CT molecular complexity index is 371. The molecule has 0 bridgehead atoms. The molecule has 0 unspecified atom stereocenters. The largest absolute Gasteiger partial charge is 0.389 e. The summed E-state index contributed by atoms with van der Waals surface area (Å²) in [6, 6.07) is 9.65. The van der Waals surface area contributed by atoms with Gasteiger partial charge in [-0.3, -0.25) is 0 Å². The molecule has 0 radical (unpaired) electrons. The number of para-hydroxylation sites is 1. The first kappa shape index (κ1) is 12.4. The van der Waals surface area contributed by atoms with Gasteiger partial charge in [-0.1, -0.05) is 18.2 Å². The van der Waals surface area contributed by atoms with E-state index in [0.717, 1.165) is 54.8 Å². The van der Waals surface area contributed by atoms with Gasteiger partial charge in [-0.25, -0.2) is 4.79 Å². The summed E-state index contributed by atoms with van der Waals surface area (Å²) >= 11 is 1.09. The normalized spacial score (nSPS) is 17.5. The third kappa shape index (κ3) is 3.74. The van der Waals surface area contributed by atoms with E-state index in [1.165, 1.54) is 0 Å². The van der Waals surface area contributed by atoms with Crippen LogP contribution in [0.15, 0.2) is 30.3 Å². The Balaban J connectivity index is 1.91. The molecule has 1 aromatic rings. The number of rotatable bonds is 1. The van der Waals surface area contributed by atoms with Gasteiger partial charge < -0.3 is 14.1 Å². The number of carbonyl (C=O) groups excluding carboxylic acids is 1. The van der Waals surface area contributed by atoms with Gasteiger partial charge >= 0.3 is 22.5 Å². The molecule has 2 amide bonds. The van der Waals surface area contributed by atoms with E-state index in [1.807, 2.05) is 35.2 Å². The van der Waals surface area contributed by atoms with Gasteiger partial charge in [-0.15, -0.1) is 0 Å². The molecule has 0 saturated carbocycles. The summed E-state index contributed by atoms with van der Waals surface area (Å²) in [5.41, 5.74) is 0.865. The number of nitrogens with one attached hydrogen (secondary N) is 1. The highest BCUT2D eigenvalue weighted by Gasteiger charge is 2.16. The average Bonchev–Trinajstić information content (AvgIpc) is 2.55. The standard InChI is InChI=1S/C12H16N3O.Al.2H/c16-12(14-11-5-2-1-3-6-11)15-9-4-7-13-8-10-15;;;/h1-3,5-6H,4,7-10H2,(H,14,16);;;/q-1;+1;;. The molecule has 1 saturated heterocycles. The zero-order valence-corrected chi connectivity index (χ0v) is 12.2. The molecule has 5 heteroatoms. The highest BCUT2D eigenvalue weighted by molar-refractivity contribution is 6.04. The van der Waals surface area contributed by atoms with Crippen molar-refractivity contribution in [1.82, 2.24) is 8.78 Å². The molecule has 1 N–H and O–H groups in total. The minimum atomic E-state index is 0.0215. The van der Waals surface area contributed by atoms with Crippen LogP contribution < -0.4 is 5.32 Å². The van der Waals surface area contributed by atoms with Crippen molar-refractivity contribution in [1.29, 1.82) is 0 Å². The number of anilines is 1. The van der Waals surface area contributed by atoms with Gasteiger partial charge in [0.05, 0.1) is 0 Å². The van der Waals surface area contributed by atoms with E-state index in [1.54, 1.807) is 0 Å². The second-order valence-corrected chi connectivity index (χ2v) is 5.70. The fraction of sp³-hybridized carbons (Fsp3) is 0.417. The lowest BCUT2D eigenvalue weighted by molar-refractivity contribution is 0.214. The van der Waals surface area contributed by atoms with Gasteiger partial charge in [0.25, 0.3) is 0 Å². The summed E-state index contributed by atoms with van der Waals surface area (Å²) in [5.74, 6) is 0. The maximum atomic E-state index is 12.0. The van der Waals surface area contributed by atoms with E-state index < -0.39 is 0 Å². The van der Waals surface area contributed by atoms with Gasteiger partial charge in [0.15, 0.2) is 0 Å². The summed E-state index contributed by atoms with van der Waals surface area (Å²) in [6.07, 6.45) is 1.08. The molecule has 1 aromatic carbocycles. The van der Waals surface area contributed by atoms with Crippen molar-refractivity contribution < 1.29 is 4.79 Å². The molecule has 1 aliphatic rings. The first-order chi connectivity index (χ1) is 8.25. The van der Waals surface area contributed by atoms with Crippen LogP contribution in [0.25, 0.3) is 0 Å². The number of hydrogen-bond acceptors (Lipinski definition) is 2. The Hall–Kier alpha value is -1.02. The summed E-state index contributed by atoms with van der Waals surface area (Å²) in [6.45, 7) is 3.83. The number of hydrogen-bond donors (Lipinski definition) is 1. The number of amides is 2. The topological polar surface area (TPSA) is 35.6 Å². The van der Waals surface area contributed by atoms with E-state index in [4.69, 9.17) is 0 Å². The Kier molecular flexibility index (Phi) is 4.44. The molecule has 1 aliphatic heterocycles. The first-order valence-corrected chi connectivity index (χ1v) is 6.94. The van der Waals surface area contributed by atoms with Crippen molar-refractivity contribution in [2.24, 2.45) is 0 Å². The minimum Gasteiger partial charge on any atom is -0.389 e. The van der Waals surface area contributed by atoms with Crippen molar-refractivity contribution in [2.45, 2.75) is 6.42 Å². The lowest BCUT2D eigenvalue weighted by Crippen LogP contribution is -2.37. The lowest BCUT2D eigenvalue weighted by atomic mass is 10.3. The van der Waals surface area contributed by atoms with Gasteiger partial charge in [-0.2, -0.15) is 0 Å². The van der Waals surface area contributed by atoms with Crippen LogP contribution in [-0.2, 0) is 0 Å². The third-order valence-electron chi connectivity index (χ3n) is 3.03. The lowest BCUT2D eigenvalue weighted by Gasteiger charge is -2.21. The Labute approximate surface area is 110 Å². The van der Waals surface area contributed by atoms with E-state index in [-0.39, 0.29) is 6.03 Å². The molecular weight excluding hydrogens is 229 g/mol. The summed E-state index contributed by atoms with van der Waals surface area (Å²) in [7, 11) is 0. The van der Waals surface area contributed by atoms with Crippen molar-refractivity contribution in [3.8, 4) is 0 Å². The predicted molar refractivity (Wildman–Crippen MR) is 71.8 cm³/mol. The fourth-order valence-corrected chi connectivity index (χ4v) is 2.49. The van der Waals surface area contributed by atoms with Crippen LogP contribution in [0.4, 0.5) is 10.5 Å². The molecule has 2 rings (SSSR count). The molecule has 0 aliphatic carbocycles. The molecule has 4 nitrogen and oxygen atoms in total. The second kappa shape index (κ2) is 6.06. The molecule has 90 valence electrons. The monoisotopic (exact) mass is 247 g/mol.